The molecule has 0 atom stereocenters. The fourth-order valence-electron chi connectivity index (χ4n) is 1.99. The van der Waals surface area contributed by atoms with Crippen LogP contribution < -0.4 is 5.11 Å². The first kappa shape index (κ1) is 15.5. The molecule has 21 heavy (non-hydrogen) atoms. The minimum Gasteiger partial charge on any atom is -0.548 e. The molecule has 0 aromatic heterocycles. The number of carbonyl (C=O) groups is 2. The maximum atomic E-state index is 12.1. The average Bonchev–Trinajstić information content (AvgIpc) is 2.63. The Morgan fingerprint density at radius 3 is 2.52 bits per heavy atom. The number of hydrogen-bond donors (Lipinski definition) is 1. The first-order chi connectivity index (χ1) is 9.79. The predicted octanol–water partition coefficient (Wildman–Crippen LogP) is 0.960. The van der Waals surface area contributed by atoms with Crippen LogP contribution in [0, 0.1) is 13.8 Å². The van der Waals surface area contributed by atoms with Gasteiger partial charge in [-0.25, -0.2) is 0 Å². The van der Waals surface area contributed by atoms with Crippen molar-refractivity contribution in [3.8, 4) is 5.75 Å². The largest absolute Gasteiger partial charge is 0.548 e. The molecule has 1 aliphatic heterocycles. The fraction of sp³-hybridized carbons (Fsp3) is 0.214. The van der Waals surface area contributed by atoms with Crippen LogP contribution in [0.15, 0.2) is 17.0 Å². The van der Waals surface area contributed by atoms with Gasteiger partial charge in [0.15, 0.2) is 0 Å². The van der Waals surface area contributed by atoms with E-state index in [1.54, 1.807) is 32.1 Å². The molecule has 1 aromatic rings. The number of nitrogens with zero attached hydrogens (tertiary/aromatic N) is 1. The molecule has 1 saturated heterocycles. The first-order valence-corrected chi connectivity index (χ1v) is 7.27. The summed E-state index contributed by atoms with van der Waals surface area (Å²) in [4.78, 5) is 24.1. The summed E-state index contributed by atoms with van der Waals surface area (Å²) in [6, 6.07) is 3.49. The molecule has 0 saturated carbocycles. The zero-order chi connectivity index (χ0) is 15.7. The Morgan fingerprint density at radius 2 is 2.00 bits per heavy atom. The lowest BCUT2D eigenvalue weighted by Gasteiger charge is -2.14. The Bertz CT molecular complexity index is 659. The lowest BCUT2D eigenvalue weighted by atomic mass is 10.1. The molecule has 5 nitrogen and oxygen atoms in total. The van der Waals surface area contributed by atoms with E-state index in [1.165, 1.54) is 0 Å². The van der Waals surface area contributed by atoms with Gasteiger partial charge in [-0.15, -0.1) is 0 Å². The van der Waals surface area contributed by atoms with Crippen molar-refractivity contribution in [2.24, 2.45) is 0 Å². The minimum atomic E-state index is -1.36. The third kappa shape index (κ3) is 3.25. The van der Waals surface area contributed by atoms with Crippen LogP contribution in [-0.4, -0.2) is 32.7 Å². The summed E-state index contributed by atoms with van der Waals surface area (Å²) >= 11 is 6.05. The zero-order valence-electron chi connectivity index (χ0n) is 11.4. The summed E-state index contributed by atoms with van der Waals surface area (Å²) in [7, 11) is 0. The van der Waals surface area contributed by atoms with Gasteiger partial charge >= 0.3 is 0 Å². The topological polar surface area (TPSA) is 80.7 Å². The monoisotopic (exact) mass is 322 g/mol. The van der Waals surface area contributed by atoms with E-state index < -0.39 is 18.4 Å². The van der Waals surface area contributed by atoms with Gasteiger partial charge in [-0.1, -0.05) is 24.0 Å². The Morgan fingerprint density at radius 1 is 1.43 bits per heavy atom. The van der Waals surface area contributed by atoms with Crippen LogP contribution in [0.3, 0.4) is 0 Å². The zero-order valence-corrected chi connectivity index (χ0v) is 13.0. The summed E-state index contributed by atoms with van der Waals surface area (Å²) in [5.41, 5.74) is 2.15. The van der Waals surface area contributed by atoms with Gasteiger partial charge in [0.1, 0.15) is 10.1 Å². The van der Waals surface area contributed by atoms with Gasteiger partial charge in [0.25, 0.3) is 5.91 Å². The van der Waals surface area contributed by atoms with Crippen LogP contribution in [-0.2, 0) is 9.59 Å². The van der Waals surface area contributed by atoms with Crippen LogP contribution in [0.2, 0.25) is 0 Å². The summed E-state index contributed by atoms with van der Waals surface area (Å²) < 4.78 is 0.197. The summed E-state index contributed by atoms with van der Waals surface area (Å²) in [6.45, 7) is 2.98. The van der Waals surface area contributed by atoms with E-state index in [0.717, 1.165) is 22.2 Å². The Hall–Kier alpha value is -1.86. The predicted molar refractivity (Wildman–Crippen MR) is 82.5 cm³/mol. The van der Waals surface area contributed by atoms with Crippen molar-refractivity contribution < 1.29 is 19.8 Å². The molecule has 7 heteroatoms. The van der Waals surface area contributed by atoms with Crippen molar-refractivity contribution >= 4 is 46.3 Å². The number of thioether (sulfide) groups is 1. The quantitative estimate of drug-likeness (QED) is 0.659. The Kier molecular flexibility index (Phi) is 4.34. The normalized spacial score (nSPS) is 16.9. The number of amides is 1. The van der Waals surface area contributed by atoms with Crippen molar-refractivity contribution in [1.29, 1.82) is 0 Å². The number of aliphatic carboxylic acids is 1. The van der Waals surface area contributed by atoms with Crippen molar-refractivity contribution in [1.82, 2.24) is 4.90 Å². The molecular formula is C14H12NO4S2-. The van der Waals surface area contributed by atoms with Crippen LogP contribution in [0.1, 0.15) is 16.7 Å². The SMILES string of the molecule is Cc1cc(/C=C2\SC(=S)N(CC(=O)[O-])C2=O)cc(C)c1O. The number of phenols is 1. The number of carboxylic acid groups (broad SMARTS) is 1. The Balaban J connectivity index is 2.33. The number of carbonyl (C=O) groups excluding carboxylic acids is 2. The molecule has 1 fully saturated rings. The summed E-state index contributed by atoms with van der Waals surface area (Å²) in [5.74, 6) is -1.59. The molecule has 0 spiro atoms. The number of rotatable bonds is 3. The molecule has 2 rings (SSSR count). The fourth-order valence-corrected chi connectivity index (χ4v) is 3.24. The highest BCUT2D eigenvalue weighted by molar-refractivity contribution is 8.26. The maximum Gasteiger partial charge on any atom is 0.266 e. The number of aryl methyl sites for hydroxylation is 2. The van der Waals surface area contributed by atoms with E-state index in [0.29, 0.717) is 16.0 Å². The van der Waals surface area contributed by atoms with Crippen molar-refractivity contribution in [3.05, 3.63) is 33.7 Å². The number of thiocarbonyl (C=S) groups is 1. The van der Waals surface area contributed by atoms with E-state index in [9.17, 15) is 19.8 Å². The number of phenolic OH excluding ortho intramolecular Hbond substituents is 1. The van der Waals surface area contributed by atoms with E-state index >= 15 is 0 Å². The standard InChI is InChI=1S/C14H13NO4S2/c1-7-3-9(4-8(2)12(7)18)5-10-13(19)15(6-11(16)17)14(20)21-10/h3-5,18H,6H2,1-2H3,(H,16,17)/p-1/b10-5-. The molecule has 1 N–H and O–H groups in total. The van der Waals surface area contributed by atoms with Crippen LogP contribution in [0.25, 0.3) is 6.08 Å². The van der Waals surface area contributed by atoms with Crippen LogP contribution in [0.5, 0.6) is 5.75 Å². The minimum absolute atomic E-state index is 0.197. The molecule has 110 valence electrons. The molecule has 0 bridgehead atoms. The molecule has 1 heterocycles. The third-order valence-electron chi connectivity index (χ3n) is 2.97. The van der Waals surface area contributed by atoms with Crippen molar-refractivity contribution in [2.45, 2.75) is 13.8 Å². The third-order valence-corrected chi connectivity index (χ3v) is 4.35. The smallest absolute Gasteiger partial charge is 0.266 e. The van der Waals surface area contributed by atoms with E-state index in [4.69, 9.17) is 12.2 Å². The molecule has 1 aromatic carbocycles. The van der Waals surface area contributed by atoms with Gasteiger partial charge in [0.05, 0.1) is 17.4 Å². The van der Waals surface area contributed by atoms with Gasteiger partial charge in [0, 0.05) is 0 Å². The van der Waals surface area contributed by atoms with Crippen LogP contribution in [0.4, 0.5) is 0 Å². The molecule has 1 amide bonds. The lowest BCUT2D eigenvalue weighted by molar-refractivity contribution is -0.305. The summed E-state index contributed by atoms with van der Waals surface area (Å²) in [5, 5.41) is 20.3. The molecule has 0 aliphatic carbocycles. The number of benzene rings is 1. The van der Waals surface area contributed by atoms with Crippen molar-refractivity contribution in [3.63, 3.8) is 0 Å². The molecular weight excluding hydrogens is 310 g/mol. The second kappa shape index (κ2) is 5.87. The first-order valence-electron chi connectivity index (χ1n) is 6.05. The van der Waals surface area contributed by atoms with Gasteiger partial charge in [0.2, 0.25) is 0 Å². The average molecular weight is 322 g/mol. The van der Waals surface area contributed by atoms with Gasteiger partial charge in [-0.3, -0.25) is 9.69 Å². The van der Waals surface area contributed by atoms with E-state index in [1.807, 2.05) is 0 Å². The summed E-state index contributed by atoms with van der Waals surface area (Å²) in [6.07, 6.45) is 1.63. The van der Waals surface area contributed by atoms with Crippen molar-refractivity contribution in [2.75, 3.05) is 6.54 Å². The highest BCUT2D eigenvalue weighted by Gasteiger charge is 2.31. The second-order valence-corrected chi connectivity index (χ2v) is 6.32. The number of carboxylic acids is 1. The number of hydrogen-bond acceptors (Lipinski definition) is 6. The highest BCUT2D eigenvalue weighted by Crippen LogP contribution is 2.33. The van der Waals surface area contributed by atoms with Gasteiger partial charge < -0.3 is 15.0 Å². The van der Waals surface area contributed by atoms with Crippen LogP contribution >= 0.6 is 24.0 Å². The molecule has 0 unspecified atom stereocenters. The van der Waals surface area contributed by atoms with E-state index in [2.05, 4.69) is 0 Å². The number of aromatic hydroxyl groups is 1. The van der Waals surface area contributed by atoms with E-state index in [-0.39, 0.29) is 10.1 Å². The second-order valence-electron chi connectivity index (χ2n) is 4.64. The highest BCUT2D eigenvalue weighted by atomic mass is 32.2. The lowest BCUT2D eigenvalue weighted by Crippen LogP contribution is -2.40. The Labute approximate surface area is 131 Å². The van der Waals surface area contributed by atoms with Gasteiger partial charge in [-0.05, 0) is 48.7 Å². The maximum absolute atomic E-state index is 12.1. The molecule has 0 radical (unpaired) electrons. The van der Waals surface area contributed by atoms with Gasteiger partial charge in [-0.2, -0.15) is 0 Å². The molecule has 1 aliphatic rings.